The fourth-order valence-electron chi connectivity index (χ4n) is 2.00. The highest BCUT2D eigenvalue weighted by molar-refractivity contribution is 9.10. The number of amides is 2. The smallest absolute Gasteiger partial charge is 0.251 e. The molecule has 2 aromatic rings. The molecule has 0 aromatic heterocycles. The third kappa shape index (κ3) is 5.50. The van der Waals surface area contributed by atoms with Gasteiger partial charge in [-0.15, -0.1) is 0 Å². The van der Waals surface area contributed by atoms with Crippen molar-refractivity contribution in [2.75, 3.05) is 18.5 Å². The lowest BCUT2D eigenvalue weighted by atomic mass is 10.1. The third-order valence-electron chi connectivity index (χ3n) is 3.08. The lowest BCUT2D eigenvalue weighted by Crippen LogP contribution is -2.26. The molecule has 23 heavy (non-hydrogen) atoms. The SMILES string of the molecule is O=C(Cc1ccc(Br)cc1)Nc1cccc(C(=O)NCCO)c1. The van der Waals surface area contributed by atoms with Crippen LogP contribution in [0, 0.1) is 0 Å². The monoisotopic (exact) mass is 376 g/mol. The minimum absolute atomic E-state index is 0.116. The normalized spacial score (nSPS) is 10.2. The number of hydrogen-bond acceptors (Lipinski definition) is 3. The maximum atomic E-state index is 12.1. The van der Waals surface area contributed by atoms with Gasteiger partial charge in [-0.25, -0.2) is 0 Å². The summed E-state index contributed by atoms with van der Waals surface area (Å²) in [4.78, 5) is 23.9. The Morgan fingerprint density at radius 2 is 1.83 bits per heavy atom. The lowest BCUT2D eigenvalue weighted by molar-refractivity contribution is -0.115. The first-order valence-electron chi connectivity index (χ1n) is 7.12. The summed E-state index contributed by atoms with van der Waals surface area (Å²) < 4.78 is 0.961. The van der Waals surface area contributed by atoms with Crippen LogP contribution in [0.3, 0.4) is 0 Å². The molecule has 0 atom stereocenters. The summed E-state index contributed by atoms with van der Waals surface area (Å²) in [6.45, 7) is 0.0777. The molecule has 0 aliphatic carbocycles. The predicted octanol–water partition coefficient (Wildman–Crippen LogP) is 2.35. The van der Waals surface area contributed by atoms with Gasteiger partial charge in [0.15, 0.2) is 0 Å². The maximum Gasteiger partial charge on any atom is 0.251 e. The molecule has 0 fully saturated rings. The van der Waals surface area contributed by atoms with E-state index < -0.39 is 0 Å². The van der Waals surface area contributed by atoms with E-state index in [4.69, 9.17) is 5.11 Å². The minimum Gasteiger partial charge on any atom is -0.395 e. The number of hydrogen-bond donors (Lipinski definition) is 3. The van der Waals surface area contributed by atoms with Crippen molar-refractivity contribution in [1.82, 2.24) is 5.32 Å². The van der Waals surface area contributed by atoms with Crippen LogP contribution in [-0.2, 0) is 11.2 Å². The number of anilines is 1. The Morgan fingerprint density at radius 3 is 2.52 bits per heavy atom. The first kappa shape index (κ1) is 17.2. The van der Waals surface area contributed by atoms with Gasteiger partial charge >= 0.3 is 0 Å². The fraction of sp³-hybridized carbons (Fsp3) is 0.176. The van der Waals surface area contributed by atoms with E-state index in [1.165, 1.54) is 0 Å². The third-order valence-corrected chi connectivity index (χ3v) is 3.61. The lowest BCUT2D eigenvalue weighted by Gasteiger charge is -2.08. The van der Waals surface area contributed by atoms with Crippen LogP contribution in [0.5, 0.6) is 0 Å². The van der Waals surface area contributed by atoms with Gasteiger partial charge in [-0.1, -0.05) is 34.1 Å². The van der Waals surface area contributed by atoms with Crippen LogP contribution in [0.25, 0.3) is 0 Å². The average molecular weight is 377 g/mol. The topological polar surface area (TPSA) is 78.4 Å². The van der Waals surface area contributed by atoms with Crippen molar-refractivity contribution in [3.05, 3.63) is 64.1 Å². The largest absolute Gasteiger partial charge is 0.395 e. The van der Waals surface area contributed by atoms with E-state index in [0.717, 1.165) is 10.0 Å². The summed E-state index contributed by atoms with van der Waals surface area (Å²) in [5, 5.41) is 14.1. The standard InChI is InChI=1S/C17H17BrN2O3/c18-14-6-4-12(5-7-14)10-16(22)20-15-3-1-2-13(11-15)17(23)19-8-9-21/h1-7,11,21H,8-10H2,(H,19,23)(H,20,22). The Kier molecular flexibility index (Phi) is 6.31. The van der Waals surface area contributed by atoms with Gasteiger partial charge in [-0.2, -0.15) is 0 Å². The van der Waals surface area contributed by atoms with Gasteiger partial charge in [-0.05, 0) is 35.9 Å². The summed E-state index contributed by atoms with van der Waals surface area (Å²) in [5.74, 6) is -0.441. The van der Waals surface area contributed by atoms with Gasteiger partial charge < -0.3 is 15.7 Å². The second-order valence-corrected chi connectivity index (χ2v) is 5.83. The Balaban J connectivity index is 1.98. The van der Waals surface area contributed by atoms with E-state index in [9.17, 15) is 9.59 Å². The summed E-state index contributed by atoms with van der Waals surface area (Å²) in [5.41, 5.74) is 1.89. The quantitative estimate of drug-likeness (QED) is 0.723. The summed E-state index contributed by atoms with van der Waals surface area (Å²) in [6, 6.07) is 14.2. The molecule has 0 saturated carbocycles. The van der Waals surface area contributed by atoms with E-state index in [2.05, 4.69) is 26.6 Å². The molecule has 0 radical (unpaired) electrons. The molecule has 6 heteroatoms. The highest BCUT2D eigenvalue weighted by Gasteiger charge is 2.08. The van der Waals surface area contributed by atoms with Crippen molar-refractivity contribution in [3.63, 3.8) is 0 Å². The predicted molar refractivity (Wildman–Crippen MR) is 92.3 cm³/mol. The summed E-state index contributed by atoms with van der Waals surface area (Å²) >= 11 is 3.35. The van der Waals surface area contributed by atoms with Crippen LogP contribution in [0.15, 0.2) is 53.0 Å². The van der Waals surface area contributed by atoms with Crippen LogP contribution in [0.4, 0.5) is 5.69 Å². The number of carbonyl (C=O) groups is 2. The molecule has 2 aromatic carbocycles. The first-order chi connectivity index (χ1) is 11.1. The fourth-order valence-corrected chi connectivity index (χ4v) is 2.27. The number of halogens is 1. The molecule has 2 amide bonds. The Labute approximate surface area is 142 Å². The molecule has 5 nitrogen and oxygen atoms in total. The Morgan fingerprint density at radius 1 is 1.09 bits per heavy atom. The number of benzene rings is 2. The molecule has 0 saturated heterocycles. The van der Waals surface area contributed by atoms with E-state index in [1.54, 1.807) is 24.3 Å². The van der Waals surface area contributed by atoms with E-state index in [-0.39, 0.29) is 31.4 Å². The number of aliphatic hydroxyl groups is 1. The van der Waals surface area contributed by atoms with E-state index in [1.807, 2.05) is 24.3 Å². The Hall–Kier alpha value is -2.18. The highest BCUT2D eigenvalue weighted by atomic mass is 79.9. The molecule has 120 valence electrons. The molecule has 0 spiro atoms. The molecule has 2 rings (SSSR count). The zero-order valence-corrected chi connectivity index (χ0v) is 14.0. The molecule has 3 N–H and O–H groups in total. The second kappa shape index (κ2) is 8.45. The van der Waals surface area contributed by atoms with Crippen molar-refractivity contribution >= 4 is 33.4 Å². The maximum absolute atomic E-state index is 12.1. The van der Waals surface area contributed by atoms with Gasteiger partial charge in [0.2, 0.25) is 5.91 Å². The average Bonchev–Trinajstić information content (AvgIpc) is 2.55. The molecule has 0 bridgehead atoms. The van der Waals surface area contributed by atoms with E-state index >= 15 is 0 Å². The van der Waals surface area contributed by atoms with Crippen molar-refractivity contribution in [2.24, 2.45) is 0 Å². The van der Waals surface area contributed by atoms with Crippen LogP contribution in [0.2, 0.25) is 0 Å². The van der Waals surface area contributed by atoms with Crippen molar-refractivity contribution in [3.8, 4) is 0 Å². The molecule has 0 aliphatic rings. The van der Waals surface area contributed by atoms with Crippen LogP contribution < -0.4 is 10.6 Å². The summed E-state index contributed by atoms with van der Waals surface area (Å²) in [7, 11) is 0. The molecule has 0 aliphatic heterocycles. The van der Waals surface area contributed by atoms with Crippen LogP contribution >= 0.6 is 15.9 Å². The van der Waals surface area contributed by atoms with Crippen molar-refractivity contribution in [2.45, 2.75) is 6.42 Å². The summed E-state index contributed by atoms with van der Waals surface area (Å²) in [6.07, 6.45) is 0.258. The number of aliphatic hydroxyl groups excluding tert-OH is 1. The van der Waals surface area contributed by atoms with E-state index in [0.29, 0.717) is 11.3 Å². The number of rotatable bonds is 6. The highest BCUT2D eigenvalue weighted by Crippen LogP contribution is 2.13. The number of carbonyl (C=O) groups excluding carboxylic acids is 2. The number of nitrogens with one attached hydrogen (secondary N) is 2. The van der Waals surface area contributed by atoms with Gasteiger partial charge in [0, 0.05) is 22.3 Å². The van der Waals surface area contributed by atoms with Gasteiger partial charge in [0.1, 0.15) is 0 Å². The zero-order valence-electron chi connectivity index (χ0n) is 12.4. The van der Waals surface area contributed by atoms with Gasteiger partial charge in [-0.3, -0.25) is 9.59 Å². The minimum atomic E-state index is -0.289. The van der Waals surface area contributed by atoms with Gasteiger partial charge in [0.05, 0.1) is 13.0 Å². The molecule has 0 heterocycles. The first-order valence-corrected chi connectivity index (χ1v) is 7.91. The second-order valence-electron chi connectivity index (χ2n) is 4.91. The van der Waals surface area contributed by atoms with Crippen molar-refractivity contribution < 1.29 is 14.7 Å². The van der Waals surface area contributed by atoms with Gasteiger partial charge in [0.25, 0.3) is 5.91 Å². The van der Waals surface area contributed by atoms with Crippen LogP contribution in [0.1, 0.15) is 15.9 Å². The molecule has 0 unspecified atom stereocenters. The molecular formula is C17H17BrN2O3. The van der Waals surface area contributed by atoms with Crippen molar-refractivity contribution in [1.29, 1.82) is 0 Å². The zero-order chi connectivity index (χ0) is 16.7. The molecular weight excluding hydrogens is 360 g/mol. The Bertz CT molecular complexity index is 686. The van der Waals surface area contributed by atoms with Crippen LogP contribution in [-0.4, -0.2) is 30.1 Å².